The van der Waals surface area contributed by atoms with E-state index in [4.69, 9.17) is 12.2 Å². The summed E-state index contributed by atoms with van der Waals surface area (Å²) in [5.41, 5.74) is 0.0578. The van der Waals surface area contributed by atoms with Gasteiger partial charge in [0.2, 0.25) is 11.8 Å². The second-order valence-electron chi connectivity index (χ2n) is 6.85. The standard InChI is InChI=1S/C16H16N4O4S/c1-18-8-16(7-9-6-11(20(23)24)4-5-12(9)18)13(21)17-15(25)19(14(16)22)10-2-3-10/h4-6,10H,2-3,7-8H2,1H3,(H,17,21,25)/t16-/m1/s1. The summed E-state index contributed by atoms with van der Waals surface area (Å²) >= 11 is 5.18. The van der Waals surface area contributed by atoms with E-state index in [1.165, 1.54) is 17.0 Å². The van der Waals surface area contributed by atoms with E-state index in [0.717, 1.165) is 18.5 Å². The van der Waals surface area contributed by atoms with Crippen molar-refractivity contribution in [3.63, 3.8) is 0 Å². The molecule has 1 saturated carbocycles. The fourth-order valence-corrected chi connectivity index (χ4v) is 4.05. The molecule has 0 aromatic heterocycles. The van der Waals surface area contributed by atoms with Gasteiger partial charge in [-0.3, -0.25) is 24.6 Å². The molecule has 2 heterocycles. The first-order chi connectivity index (χ1) is 11.8. The number of anilines is 1. The zero-order valence-corrected chi connectivity index (χ0v) is 14.3. The van der Waals surface area contributed by atoms with Crippen LogP contribution in [0.2, 0.25) is 0 Å². The van der Waals surface area contributed by atoms with E-state index in [-0.39, 0.29) is 35.7 Å². The number of nitro groups is 1. The highest BCUT2D eigenvalue weighted by Gasteiger charge is 2.57. The van der Waals surface area contributed by atoms with Gasteiger partial charge in [-0.05, 0) is 43.1 Å². The van der Waals surface area contributed by atoms with Crippen LogP contribution in [0.4, 0.5) is 11.4 Å². The van der Waals surface area contributed by atoms with Gasteiger partial charge in [-0.15, -0.1) is 0 Å². The third-order valence-electron chi connectivity index (χ3n) is 5.10. The van der Waals surface area contributed by atoms with Crippen LogP contribution in [0.25, 0.3) is 0 Å². The molecule has 3 aliphatic rings. The van der Waals surface area contributed by atoms with Crippen LogP contribution in [-0.4, -0.2) is 46.4 Å². The lowest BCUT2D eigenvalue weighted by Gasteiger charge is -2.46. The summed E-state index contributed by atoms with van der Waals surface area (Å²) in [6.07, 6.45) is 1.87. The SMILES string of the molecule is CN1C[C@]2(Cc3cc([N+](=O)[O-])ccc31)C(=O)NC(=S)N(C1CC1)C2=O. The van der Waals surface area contributed by atoms with Gasteiger partial charge in [0, 0.05) is 37.5 Å². The average Bonchev–Trinajstić information content (AvgIpc) is 3.37. The maximum absolute atomic E-state index is 13.2. The molecule has 9 heteroatoms. The lowest BCUT2D eigenvalue weighted by Crippen LogP contribution is -2.68. The number of fused-ring (bicyclic) bond motifs is 1. The van der Waals surface area contributed by atoms with Crippen LogP contribution in [0.1, 0.15) is 18.4 Å². The van der Waals surface area contributed by atoms with Gasteiger partial charge in [0.25, 0.3) is 5.69 Å². The molecule has 0 unspecified atom stereocenters. The van der Waals surface area contributed by atoms with Gasteiger partial charge in [0.15, 0.2) is 5.11 Å². The zero-order valence-electron chi connectivity index (χ0n) is 13.5. The van der Waals surface area contributed by atoms with Crippen LogP contribution >= 0.6 is 12.2 Å². The topological polar surface area (TPSA) is 95.8 Å². The van der Waals surface area contributed by atoms with Crippen LogP contribution in [0, 0.1) is 15.5 Å². The molecule has 8 nitrogen and oxygen atoms in total. The Morgan fingerprint density at radius 1 is 1.36 bits per heavy atom. The van der Waals surface area contributed by atoms with Crippen LogP contribution in [-0.2, 0) is 16.0 Å². The van der Waals surface area contributed by atoms with Gasteiger partial charge in [-0.2, -0.15) is 0 Å². The van der Waals surface area contributed by atoms with Gasteiger partial charge >= 0.3 is 0 Å². The third kappa shape index (κ3) is 2.30. The number of nitrogens with zero attached hydrogens (tertiary/aromatic N) is 3. The number of rotatable bonds is 2. The van der Waals surface area contributed by atoms with Crippen LogP contribution in [0.3, 0.4) is 0 Å². The fourth-order valence-electron chi connectivity index (χ4n) is 3.73. The van der Waals surface area contributed by atoms with Crippen molar-refractivity contribution in [2.24, 2.45) is 5.41 Å². The highest BCUT2D eigenvalue weighted by Crippen LogP contribution is 2.42. The first kappa shape index (κ1) is 15.9. The summed E-state index contributed by atoms with van der Waals surface area (Å²) in [4.78, 5) is 39.9. The van der Waals surface area contributed by atoms with Crippen molar-refractivity contribution in [3.8, 4) is 0 Å². The van der Waals surface area contributed by atoms with Crippen molar-refractivity contribution in [2.45, 2.75) is 25.3 Å². The monoisotopic (exact) mass is 360 g/mol. The lowest BCUT2D eigenvalue weighted by molar-refractivity contribution is -0.384. The zero-order chi connectivity index (χ0) is 17.9. The molecule has 2 amide bonds. The number of carbonyl (C=O) groups excluding carboxylic acids is 2. The van der Waals surface area contributed by atoms with Crippen molar-refractivity contribution in [2.75, 3.05) is 18.5 Å². The van der Waals surface area contributed by atoms with Gasteiger partial charge in [0.1, 0.15) is 5.41 Å². The molecule has 25 heavy (non-hydrogen) atoms. The Labute approximate surface area is 148 Å². The number of nitrogens with one attached hydrogen (secondary N) is 1. The Bertz CT molecular complexity index is 837. The molecule has 1 atom stereocenters. The van der Waals surface area contributed by atoms with E-state index in [1.54, 1.807) is 18.0 Å². The molecule has 1 N–H and O–H groups in total. The second-order valence-corrected chi connectivity index (χ2v) is 7.24. The normalized spacial score (nSPS) is 25.9. The van der Waals surface area contributed by atoms with Gasteiger partial charge in [-0.25, -0.2) is 0 Å². The number of hydrogen-bond donors (Lipinski definition) is 1. The van der Waals surface area contributed by atoms with E-state index in [0.29, 0.717) is 5.56 Å². The maximum atomic E-state index is 13.2. The van der Waals surface area contributed by atoms with Gasteiger partial charge in [-0.1, -0.05) is 0 Å². The van der Waals surface area contributed by atoms with Crippen LogP contribution in [0.15, 0.2) is 18.2 Å². The van der Waals surface area contributed by atoms with Crippen LogP contribution < -0.4 is 10.2 Å². The first-order valence-electron chi connectivity index (χ1n) is 8.01. The molecule has 0 bridgehead atoms. The highest BCUT2D eigenvalue weighted by atomic mass is 32.1. The molecule has 0 radical (unpaired) electrons. The van der Waals surface area contributed by atoms with E-state index in [2.05, 4.69) is 5.32 Å². The number of non-ortho nitro benzene ring substituents is 1. The molecule has 1 aromatic rings. The summed E-state index contributed by atoms with van der Waals surface area (Å²) < 4.78 is 0. The number of nitro benzene ring substituents is 1. The van der Waals surface area contributed by atoms with Crippen molar-refractivity contribution in [1.29, 1.82) is 0 Å². The van der Waals surface area contributed by atoms with Crippen molar-refractivity contribution < 1.29 is 14.5 Å². The summed E-state index contributed by atoms with van der Waals surface area (Å²) in [6.45, 7) is 0.217. The molecule has 1 saturated heterocycles. The second kappa shape index (κ2) is 5.22. The molecule has 2 fully saturated rings. The van der Waals surface area contributed by atoms with E-state index in [1.807, 2.05) is 0 Å². The van der Waals surface area contributed by atoms with Crippen molar-refractivity contribution >= 4 is 40.5 Å². The summed E-state index contributed by atoms with van der Waals surface area (Å²) in [5.74, 6) is -0.726. The predicted molar refractivity (Wildman–Crippen MR) is 93.1 cm³/mol. The Balaban J connectivity index is 1.78. The molecular weight excluding hydrogens is 344 g/mol. The maximum Gasteiger partial charge on any atom is 0.269 e. The number of amides is 2. The molecule has 1 aromatic carbocycles. The Kier molecular flexibility index (Phi) is 3.33. The number of thiocarbonyl (C=S) groups is 1. The predicted octanol–water partition coefficient (Wildman–Crippen LogP) is 0.979. The Morgan fingerprint density at radius 2 is 2.08 bits per heavy atom. The van der Waals surface area contributed by atoms with E-state index >= 15 is 0 Å². The number of hydrogen-bond acceptors (Lipinski definition) is 6. The van der Waals surface area contributed by atoms with E-state index < -0.39 is 16.2 Å². The quantitative estimate of drug-likeness (QED) is 0.366. The largest absolute Gasteiger partial charge is 0.373 e. The number of benzene rings is 1. The molecule has 2 aliphatic heterocycles. The fraction of sp³-hybridized carbons (Fsp3) is 0.438. The van der Waals surface area contributed by atoms with Crippen molar-refractivity contribution in [1.82, 2.24) is 10.2 Å². The lowest BCUT2D eigenvalue weighted by atomic mass is 9.74. The molecular formula is C16H16N4O4S. The van der Waals surface area contributed by atoms with Crippen LogP contribution in [0.5, 0.6) is 0 Å². The average molecular weight is 360 g/mol. The molecule has 130 valence electrons. The molecule has 4 rings (SSSR count). The minimum absolute atomic E-state index is 0.0503. The minimum atomic E-state index is -1.30. The Hall–Kier alpha value is -2.55. The van der Waals surface area contributed by atoms with E-state index in [9.17, 15) is 19.7 Å². The summed E-state index contributed by atoms with van der Waals surface area (Å²) in [6, 6.07) is 4.59. The van der Waals surface area contributed by atoms with Gasteiger partial charge in [0.05, 0.1) is 4.92 Å². The minimum Gasteiger partial charge on any atom is -0.373 e. The molecule has 1 aliphatic carbocycles. The Morgan fingerprint density at radius 3 is 2.72 bits per heavy atom. The highest BCUT2D eigenvalue weighted by molar-refractivity contribution is 7.80. The summed E-state index contributed by atoms with van der Waals surface area (Å²) in [5, 5.41) is 13.9. The smallest absolute Gasteiger partial charge is 0.269 e. The third-order valence-corrected chi connectivity index (χ3v) is 5.40. The van der Waals surface area contributed by atoms with Gasteiger partial charge < -0.3 is 10.2 Å². The summed E-state index contributed by atoms with van der Waals surface area (Å²) in [7, 11) is 1.78. The number of carbonyl (C=O) groups is 2. The first-order valence-corrected chi connectivity index (χ1v) is 8.42. The van der Waals surface area contributed by atoms with Crippen molar-refractivity contribution in [3.05, 3.63) is 33.9 Å². The molecule has 1 spiro atoms.